The van der Waals surface area contributed by atoms with Crippen LogP contribution in [0.25, 0.3) is 11.0 Å². The van der Waals surface area contributed by atoms with Gasteiger partial charge >= 0.3 is 0 Å². The summed E-state index contributed by atoms with van der Waals surface area (Å²) >= 11 is 0. The number of carbonyl (C=O) groups is 1. The summed E-state index contributed by atoms with van der Waals surface area (Å²) in [6.07, 6.45) is 2.56. The van der Waals surface area contributed by atoms with Crippen molar-refractivity contribution in [3.05, 3.63) is 65.7 Å². The number of hydrogen-bond donors (Lipinski definition) is 1. The third-order valence-corrected chi connectivity index (χ3v) is 3.83. The largest absolute Gasteiger partial charge is 0.355 e. The number of carbonyl (C=O) groups excluding carboxylic acids is 1. The average molecular weight is 311 g/mol. The number of benzene rings is 2. The molecule has 23 heavy (non-hydrogen) atoms. The van der Waals surface area contributed by atoms with Gasteiger partial charge in [-0.2, -0.15) is 0 Å². The van der Waals surface area contributed by atoms with E-state index < -0.39 is 0 Å². The molecule has 0 radical (unpaired) electrons. The van der Waals surface area contributed by atoms with E-state index in [1.807, 2.05) is 29.8 Å². The number of aryl methyl sites for hydroxylation is 1. The maximum atomic E-state index is 13.5. The Morgan fingerprint density at radius 2 is 2.09 bits per heavy atom. The van der Waals surface area contributed by atoms with Gasteiger partial charge in [0, 0.05) is 13.6 Å². The maximum Gasteiger partial charge on any atom is 0.224 e. The number of halogens is 1. The van der Waals surface area contributed by atoms with Gasteiger partial charge in [0.1, 0.15) is 5.82 Å². The van der Waals surface area contributed by atoms with E-state index >= 15 is 0 Å². The maximum absolute atomic E-state index is 13.5. The first kappa shape index (κ1) is 15.2. The van der Waals surface area contributed by atoms with Crippen molar-refractivity contribution in [3.63, 3.8) is 0 Å². The van der Waals surface area contributed by atoms with Crippen LogP contribution in [0.5, 0.6) is 0 Å². The number of nitrogens with zero attached hydrogens (tertiary/aromatic N) is 2. The van der Waals surface area contributed by atoms with E-state index in [9.17, 15) is 9.18 Å². The summed E-state index contributed by atoms with van der Waals surface area (Å²) in [5, 5.41) is 2.83. The summed E-state index contributed by atoms with van der Waals surface area (Å²) in [5.74, 6) is -0.516. The van der Waals surface area contributed by atoms with E-state index in [0.717, 1.165) is 23.0 Å². The number of amides is 1. The first-order valence-corrected chi connectivity index (χ1v) is 7.53. The summed E-state index contributed by atoms with van der Waals surface area (Å²) in [5.41, 5.74) is 3.56. The highest BCUT2D eigenvalue weighted by molar-refractivity contribution is 5.78. The molecule has 0 saturated carbocycles. The minimum Gasteiger partial charge on any atom is -0.355 e. The van der Waals surface area contributed by atoms with E-state index in [0.29, 0.717) is 12.1 Å². The summed E-state index contributed by atoms with van der Waals surface area (Å²) in [7, 11) is 1.96. The van der Waals surface area contributed by atoms with Gasteiger partial charge in [0.15, 0.2) is 0 Å². The fourth-order valence-electron chi connectivity index (χ4n) is 2.56. The highest BCUT2D eigenvalue weighted by atomic mass is 19.1. The zero-order chi connectivity index (χ0) is 16.2. The molecule has 0 atom stereocenters. The molecular formula is C18H18FN3O. The molecule has 1 N–H and O–H groups in total. The first-order chi connectivity index (χ1) is 11.1. The molecule has 1 heterocycles. The van der Waals surface area contributed by atoms with Gasteiger partial charge in [0.05, 0.1) is 23.8 Å². The molecule has 118 valence electrons. The smallest absolute Gasteiger partial charge is 0.224 e. The molecule has 5 heteroatoms. The SMILES string of the molecule is Cn1cnc2cc(CCNC(=O)Cc3ccccc3F)ccc21. The normalized spacial score (nSPS) is 10.9. The third-order valence-electron chi connectivity index (χ3n) is 3.83. The Labute approximate surface area is 134 Å². The Balaban J connectivity index is 1.54. The van der Waals surface area contributed by atoms with E-state index in [1.165, 1.54) is 6.07 Å². The zero-order valence-corrected chi connectivity index (χ0v) is 12.9. The summed E-state index contributed by atoms with van der Waals surface area (Å²) < 4.78 is 15.5. The number of rotatable bonds is 5. The fraction of sp³-hybridized carbons (Fsp3) is 0.222. The second-order valence-corrected chi connectivity index (χ2v) is 5.55. The highest BCUT2D eigenvalue weighted by Crippen LogP contribution is 2.14. The lowest BCUT2D eigenvalue weighted by atomic mass is 10.1. The quantitative estimate of drug-likeness (QED) is 0.787. The zero-order valence-electron chi connectivity index (χ0n) is 12.9. The molecule has 0 spiro atoms. The van der Waals surface area contributed by atoms with Crippen LogP contribution >= 0.6 is 0 Å². The summed E-state index contributed by atoms with van der Waals surface area (Å²) in [4.78, 5) is 16.2. The minimum atomic E-state index is -0.344. The van der Waals surface area contributed by atoms with Crippen molar-refractivity contribution in [1.29, 1.82) is 0 Å². The van der Waals surface area contributed by atoms with Gasteiger partial charge in [-0.15, -0.1) is 0 Å². The highest BCUT2D eigenvalue weighted by Gasteiger charge is 2.07. The number of nitrogens with one attached hydrogen (secondary N) is 1. The number of imidazole rings is 1. The lowest BCUT2D eigenvalue weighted by molar-refractivity contribution is -0.120. The van der Waals surface area contributed by atoms with Gasteiger partial charge in [-0.05, 0) is 35.7 Å². The predicted octanol–water partition coefficient (Wildman–Crippen LogP) is 2.61. The third kappa shape index (κ3) is 3.56. The van der Waals surface area contributed by atoms with Crippen molar-refractivity contribution < 1.29 is 9.18 Å². The van der Waals surface area contributed by atoms with Crippen LogP contribution in [0.15, 0.2) is 48.8 Å². The molecule has 0 aliphatic rings. The van der Waals surface area contributed by atoms with Crippen molar-refractivity contribution in [3.8, 4) is 0 Å². The molecular weight excluding hydrogens is 293 g/mol. The van der Waals surface area contributed by atoms with Crippen molar-refractivity contribution in [2.45, 2.75) is 12.8 Å². The van der Waals surface area contributed by atoms with Gasteiger partial charge in [-0.25, -0.2) is 9.37 Å². The summed E-state index contributed by atoms with van der Waals surface area (Å²) in [6.45, 7) is 0.519. The Hall–Kier alpha value is -2.69. The number of aromatic nitrogens is 2. The van der Waals surface area contributed by atoms with Crippen molar-refractivity contribution in [2.24, 2.45) is 7.05 Å². The van der Waals surface area contributed by atoms with Crippen molar-refractivity contribution in [2.75, 3.05) is 6.54 Å². The monoisotopic (exact) mass is 311 g/mol. The average Bonchev–Trinajstić information content (AvgIpc) is 2.90. The van der Waals surface area contributed by atoms with E-state index in [2.05, 4.69) is 10.3 Å². The molecule has 3 aromatic rings. The van der Waals surface area contributed by atoms with Crippen molar-refractivity contribution in [1.82, 2.24) is 14.9 Å². The van der Waals surface area contributed by atoms with E-state index in [-0.39, 0.29) is 18.1 Å². The molecule has 3 rings (SSSR count). The molecule has 0 saturated heterocycles. The van der Waals surface area contributed by atoms with Crippen LogP contribution in [-0.4, -0.2) is 22.0 Å². The molecule has 0 unspecified atom stereocenters. The minimum absolute atomic E-state index is 0.0615. The van der Waals surface area contributed by atoms with E-state index in [1.54, 1.807) is 24.5 Å². The Morgan fingerprint density at radius 1 is 1.26 bits per heavy atom. The molecule has 0 aliphatic carbocycles. The van der Waals surface area contributed by atoms with Gasteiger partial charge in [0.25, 0.3) is 0 Å². The van der Waals surface area contributed by atoms with Crippen LogP contribution in [0, 0.1) is 5.82 Å². The standard InChI is InChI=1S/C18H18FN3O/c1-22-12-21-16-10-13(6-7-17(16)22)8-9-20-18(23)11-14-4-2-3-5-15(14)19/h2-7,10,12H,8-9,11H2,1H3,(H,20,23). The van der Waals surface area contributed by atoms with Crippen LogP contribution < -0.4 is 5.32 Å². The predicted molar refractivity (Wildman–Crippen MR) is 87.5 cm³/mol. The van der Waals surface area contributed by atoms with E-state index in [4.69, 9.17) is 0 Å². The molecule has 2 aromatic carbocycles. The Morgan fingerprint density at radius 3 is 2.91 bits per heavy atom. The van der Waals surface area contributed by atoms with Gasteiger partial charge in [-0.3, -0.25) is 4.79 Å². The van der Waals surface area contributed by atoms with Crippen LogP contribution in [0.2, 0.25) is 0 Å². The molecule has 1 amide bonds. The van der Waals surface area contributed by atoms with Crippen LogP contribution in [0.1, 0.15) is 11.1 Å². The van der Waals surface area contributed by atoms with Crippen LogP contribution in [-0.2, 0) is 24.7 Å². The molecule has 0 fully saturated rings. The van der Waals surface area contributed by atoms with Gasteiger partial charge < -0.3 is 9.88 Å². The number of hydrogen-bond acceptors (Lipinski definition) is 2. The topological polar surface area (TPSA) is 46.9 Å². The lowest BCUT2D eigenvalue weighted by Gasteiger charge is -2.06. The second kappa shape index (κ2) is 6.60. The number of fused-ring (bicyclic) bond motifs is 1. The molecule has 1 aromatic heterocycles. The van der Waals surface area contributed by atoms with Crippen LogP contribution in [0.3, 0.4) is 0 Å². The molecule has 0 bridgehead atoms. The summed E-state index contributed by atoms with van der Waals surface area (Å²) in [6, 6.07) is 12.4. The van der Waals surface area contributed by atoms with Crippen LogP contribution in [0.4, 0.5) is 4.39 Å². The lowest BCUT2D eigenvalue weighted by Crippen LogP contribution is -2.27. The fourth-order valence-corrected chi connectivity index (χ4v) is 2.56. The second-order valence-electron chi connectivity index (χ2n) is 5.55. The Kier molecular flexibility index (Phi) is 4.37. The first-order valence-electron chi connectivity index (χ1n) is 7.53. The Bertz CT molecular complexity index is 841. The molecule has 0 aliphatic heterocycles. The van der Waals surface area contributed by atoms with Crippen molar-refractivity contribution >= 4 is 16.9 Å². The van der Waals surface area contributed by atoms with Gasteiger partial charge in [0.2, 0.25) is 5.91 Å². The molecule has 4 nitrogen and oxygen atoms in total. The van der Waals surface area contributed by atoms with Gasteiger partial charge in [-0.1, -0.05) is 24.3 Å².